The lowest BCUT2D eigenvalue weighted by Crippen LogP contribution is -2.40. The average Bonchev–Trinajstić information content (AvgIpc) is 2.76. The van der Waals surface area contributed by atoms with E-state index in [0.717, 1.165) is 19.6 Å². The molecule has 1 aliphatic rings. The first kappa shape index (κ1) is 7.83. The fourth-order valence-corrected chi connectivity index (χ4v) is 1.72. The van der Waals surface area contributed by atoms with Gasteiger partial charge in [0, 0.05) is 25.5 Å². The van der Waals surface area contributed by atoms with Crippen molar-refractivity contribution >= 4 is 0 Å². The lowest BCUT2D eigenvalue weighted by atomic mass is 9.99. The number of hydrogen-bond donors (Lipinski definition) is 1. The molecule has 3 heteroatoms. The molecule has 0 saturated carbocycles. The van der Waals surface area contributed by atoms with Gasteiger partial charge in [0.2, 0.25) is 0 Å². The van der Waals surface area contributed by atoms with Crippen LogP contribution >= 0.6 is 0 Å². The summed E-state index contributed by atoms with van der Waals surface area (Å²) in [4.78, 5) is 0. The predicted octanol–water partition coefficient (Wildman–Crippen LogP) is 0.562. The van der Waals surface area contributed by atoms with Crippen LogP contribution in [-0.4, -0.2) is 24.3 Å². The van der Waals surface area contributed by atoms with Crippen LogP contribution in [0.25, 0.3) is 0 Å². The van der Waals surface area contributed by atoms with E-state index in [0.29, 0.717) is 6.54 Å². The maximum absolute atomic E-state index is 5.76. The molecule has 0 aliphatic carbocycles. The summed E-state index contributed by atoms with van der Waals surface area (Å²) in [7, 11) is 0. The van der Waals surface area contributed by atoms with Crippen LogP contribution in [0.15, 0.2) is 24.5 Å². The van der Waals surface area contributed by atoms with Gasteiger partial charge in [-0.2, -0.15) is 0 Å². The number of hydrogen-bond acceptors (Lipinski definition) is 2. The van der Waals surface area contributed by atoms with Crippen molar-refractivity contribution in [2.75, 3.05) is 19.8 Å². The summed E-state index contributed by atoms with van der Waals surface area (Å²) < 4.78 is 7.54. The fraction of sp³-hybridized carbons (Fsp3) is 0.556. The Labute approximate surface area is 72.1 Å². The first-order valence-electron chi connectivity index (χ1n) is 4.29. The maximum atomic E-state index is 5.76. The van der Waals surface area contributed by atoms with Crippen molar-refractivity contribution in [3.05, 3.63) is 24.5 Å². The van der Waals surface area contributed by atoms with Crippen LogP contribution in [0.2, 0.25) is 0 Å². The molecule has 1 atom stereocenters. The third-order valence-corrected chi connectivity index (χ3v) is 2.61. The highest BCUT2D eigenvalue weighted by Crippen LogP contribution is 2.25. The van der Waals surface area contributed by atoms with Crippen molar-refractivity contribution < 1.29 is 4.74 Å². The lowest BCUT2D eigenvalue weighted by molar-refractivity contribution is 0.157. The number of ether oxygens (including phenoxy) is 1. The van der Waals surface area contributed by atoms with Crippen molar-refractivity contribution in [1.82, 2.24) is 4.57 Å². The van der Waals surface area contributed by atoms with Crippen molar-refractivity contribution in [2.45, 2.75) is 12.0 Å². The van der Waals surface area contributed by atoms with E-state index < -0.39 is 0 Å². The molecule has 0 aromatic carbocycles. The summed E-state index contributed by atoms with van der Waals surface area (Å²) in [6, 6.07) is 4.05. The van der Waals surface area contributed by atoms with Gasteiger partial charge >= 0.3 is 0 Å². The molecule has 2 rings (SSSR count). The first-order chi connectivity index (χ1) is 5.87. The zero-order valence-electron chi connectivity index (χ0n) is 7.07. The maximum Gasteiger partial charge on any atom is 0.0816 e. The standard InChI is InChI=1S/C9H14N2O/c10-7-9(3-6-12-8-9)11-4-1-2-5-11/h1-2,4-5H,3,6-8,10H2. The van der Waals surface area contributed by atoms with E-state index in [1.807, 2.05) is 12.1 Å². The molecule has 3 nitrogen and oxygen atoms in total. The van der Waals surface area contributed by atoms with Crippen LogP contribution in [0.1, 0.15) is 6.42 Å². The second-order valence-electron chi connectivity index (χ2n) is 3.32. The summed E-state index contributed by atoms with van der Waals surface area (Å²) >= 11 is 0. The molecular weight excluding hydrogens is 152 g/mol. The highest BCUT2D eigenvalue weighted by molar-refractivity contribution is 5.01. The van der Waals surface area contributed by atoms with Crippen molar-refractivity contribution in [1.29, 1.82) is 0 Å². The van der Waals surface area contributed by atoms with Crippen molar-refractivity contribution in [2.24, 2.45) is 5.73 Å². The molecular formula is C9H14N2O. The minimum Gasteiger partial charge on any atom is -0.379 e. The van der Waals surface area contributed by atoms with Gasteiger partial charge in [-0.05, 0) is 18.6 Å². The summed E-state index contributed by atoms with van der Waals surface area (Å²) in [6.45, 7) is 2.23. The smallest absolute Gasteiger partial charge is 0.0816 e. The second kappa shape index (κ2) is 2.92. The van der Waals surface area contributed by atoms with E-state index in [-0.39, 0.29) is 5.54 Å². The molecule has 1 aromatic rings. The summed E-state index contributed by atoms with van der Waals surface area (Å²) in [5, 5.41) is 0. The van der Waals surface area contributed by atoms with Gasteiger partial charge < -0.3 is 15.0 Å². The molecule has 12 heavy (non-hydrogen) atoms. The quantitative estimate of drug-likeness (QED) is 0.697. The molecule has 1 unspecified atom stereocenters. The molecule has 66 valence electrons. The van der Waals surface area contributed by atoms with Gasteiger partial charge in [0.15, 0.2) is 0 Å². The van der Waals surface area contributed by atoms with Gasteiger partial charge in [0.25, 0.3) is 0 Å². The molecule has 0 amide bonds. The van der Waals surface area contributed by atoms with E-state index in [4.69, 9.17) is 10.5 Å². The lowest BCUT2D eigenvalue weighted by Gasteiger charge is -2.27. The Morgan fingerprint density at radius 1 is 1.42 bits per heavy atom. The molecule has 1 aliphatic heterocycles. The fourth-order valence-electron chi connectivity index (χ4n) is 1.72. The summed E-state index contributed by atoms with van der Waals surface area (Å²) in [6.07, 6.45) is 5.14. The van der Waals surface area contributed by atoms with Gasteiger partial charge in [0.05, 0.1) is 12.1 Å². The zero-order valence-corrected chi connectivity index (χ0v) is 7.07. The van der Waals surface area contributed by atoms with Crippen LogP contribution in [0.4, 0.5) is 0 Å². The Kier molecular flexibility index (Phi) is 1.90. The zero-order chi connectivity index (χ0) is 8.44. The normalized spacial score (nSPS) is 29.4. The molecule has 1 aromatic heterocycles. The molecule has 2 heterocycles. The van der Waals surface area contributed by atoms with Gasteiger partial charge in [-0.3, -0.25) is 0 Å². The molecule has 0 radical (unpaired) electrons. The van der Waals surface area contributed by atoms with Crippen LogP contribution in [0.3, 0.4) is 0 Å². The topological polar surface area (TPSA) is 40.2 Å². The second-order valence-corrected chi connectivity index (χ2v) is 3.32. The minimum absolute atomic E-state index is 0.0312. The van der Waals surface area contributed by atoms with Gasteiger partial charge in [0.1, 0.15) is 0 Å². The predicted molar refractivity (Wildman–Crippen MR) is 46.9 cm³/mol. The molecule has 1 saturated heterocycles. The van der Waals surface area contributed by atoms with E-state index in [1.165, 1.54) is 0 Å². The third kappa shape index (κ3) is 1.06. The average molecular weight is 166 g/mol. The monoisotopic (exact) mass is 166 g/mol. The number of rotatable bonds is 2. The molecule has 1 fully saturated rings. The Morgan fingerprint density at radius 3 is 2.67 bits per heavy atom. The largest absolute Gasteiger partial charge is 0.379 e. The van der Waals surface area contributed by atoms with Gasteiger partial charge in [-0.15, -0.1) is 0 Å². The highest BCUT2D eigenvalue weighted by atomic mass is 16.5. The SMILES string of the molecule is NCC1(n2cccc2)CCOC1. The Hall–Kier alpha value is -0.800. The summed E-state index contributed by atoms with van der Waals surface area (Å²) in [5.74, 6) is 0. The third-order valence-electron chi connectivity index (χ3n) is 2.61. The summed E-state index contributed by atoms with van der Waals surface area (Å²) in [5.41, 5.74) is 5.79. The minimum atomic E-state index is 0.0312. The Morgan fingerprint density at radius 2 is 2.17 bits per heavy atom. The van der Waals surface area contributed by atoms with Gasteiger partial charge in [-0.1, -0.05) is 0 Å². The molecule has 2 N–H and O–H groups in total. The van der Waals surface area contributed by atoms with Crippen molar-refractivity contribution in [3.8, 4) is 0 Å². The van der Waals surface area contributed by atoms with Crippen LogP contribution < -0.4 is 5.73 Å². The Balaban J connectivity index is 2.28. The first-order valence-corrected chi connectivity index (χ1v) is 4.29. The highest BCUT2D eigenvalue weighted by Gasteiger charge is 2.34. The number of aromatic nitrogens is 1. The van der Waals surface area contributed by atoms with E-state index in [2.05, 4.69) is 17.0 Å². The molecule has 0 bridgehead atoms. The number of nitrogens with zero attached hydrogens (tertiary/aromatic N) is 1. The number of nitrogens with two attached hydrogens (primary N) is 1. The van der Waals surface area contributed by atoms with Crippen molar-refractivity contribution in [3.63, 3.8) is 0 Å². The van der Waals surface area contributed by atoms with Gasteiger partial charge in [-0.25, -0.2) is 0 Å². The van der Waals surface area contributed by atoms with Crippen LogP contribution in [0.5, 0.6) is 0 Å². The van der Waals surface area contributed by atoms with Crippen LogP contribution in [-0.2, 0) is 10.3 Å². The van der Waals surface area contributed by atoms with Crippen LogP contribution in [0, 0.1) is 0 Å². The van der Waals surface area contributed by atoms with E-state index in [9.17, 15) is 0 Å². The Bertz CT molecular complexity index is 237. The van der Waals surface area contributed by atoms with E-state index in [1.54, 1.807) is 0 Å². The molecule has 0 spiro atoms. The van der Waals surface area contributed by atoms with E-state index >= 15 is 0 Å².